The Morgan fingerprint density at radius 3 is 2.77 bits per heavy atom. The Morgan fingerprint density at radius 2 is 2.14 bits per heavy atom. The summed E-state index contributed by atoms with van der Waals surface area (Å²) in [7, 11) is 1.53. The van der Waals surface area contributed by atoms with E-state index in [1.165, 1.54) is 7.11 Å². The Labute approximate surface area is 130 Å². The highest BCUT2D eigenvalue weighted by Gasteiger charge is 2.24. The zero-order chi connectivity index (χ0) is 16.1. The number of ether oxygens (including phenoxy) is 2. The first kappa shape index (κ1) is 16.1. The maximum Gasteiger partial charge on any atom is 0.252 e. The van der Waals surface area contributed by atoms with Crippen LogP contribution in [0.3, 0.4) is 0 Å². The average molecular weight is 306 g/mol. The van der Waals surface area contributed by atoms with Gasteiger partial charge in [0.25, 0.3) is 5.91 Å². The molecule has 1 saturated heterocycles. The number of hydrogen-bond acceptors (Lipinski definition) is 4. The van der Waals surface area contributed by atoms with Crippen molar-refractivity contribution < 1.29 is 19.1 Å². The van der Waals surface area contributed by atoms with E-state index < -0.39 is 6.04 Å². The van der Waals surface area contributed by atoms with Gasteiger partial charge < -0.3 is 20.1 Å². The molecule has 1 aliphatic heterocycles. The molecule has 6 nitrogen and oxygen atoms in total. The molecule has 2 amide bonds. The lowest BCUT2D eigenvalue weighted by Crippen LogP contribution is -2.50. The lowest BCUT2D eigenvalue weighted by molar-refractivity contribution is -0.124. The second-order valence-corrected chi connectivity index (χ2v) is 5.49. The molecule has 120 valence electrons. The van der Waals surface area contributed by atoms with Crippen molar-refractivity contribution in [2.24, 2.45) is 0 Å². The molecule has 1 aromatic rings. The van der Waals surface area contributed by atoms with Crippen LogP contribution in [0.1, 0.15) is 37.0 Å². The summed E-state index contributed by atoms with van der Waals surface area (Å²) in [5.74, 6) is 0.654. The maximum absolute atomic E-state index is 12.3. The van der Waals surface area contributed by atoms with Crippen LogP contribution < -0.4 is 20.1 Å². The van der Waals surface area contributed by atoms with Gasteiger partial charge in [-0.15, -0.1) is 0 Å². The van der Waals surface area contributed by atoms with Crippen LogP contribution >= 0.6 is 0 Å². The summed E-state index contributed by atoms with van der Waals surface area (Å²) in [4.78, 5) is 24.0. The number of benzene rings is 1. The van der Waals surface area contributed by atoms with E-state index >= 15 is 0 Å². The summed E-state index contributed by atoms with van der Waals surface area (Å²) in [6.07, 6.45) is 1.53. The predicted molar refractivity (Wildman–Crippen MR) is 82.3 cm³/mol. The van der Waals surface area contributed by atoms with Gasteiger partial charge in [-0.2, -0.15) is 0 Å². The first-order valence-electron chi connectivity index (χ1n) is 7.44. The Kier molecular flexibility index (Phi) is 5.25. The third-order valence-corrected chi connectivity index (χ3v) is 3.38. The molecule has 22 heavy (non-hydrogen) atoms. The Bertz CT molecular complexity index is 557. The summed E-state index contributed by atoms with van der Waals surface area (Å²) in [6, 6.07) is 4.51. The fraction of sp³-hybridized carbons (Fsp3) is 0.500. The number of piperidine rings is 1. The van der Waals surface area contributed by atoms with Crippen LogP contribution in [-0.2, 0) is 4.79 Å². The molecule has 1 aromatic carbocycles. The highest BCUT2D eigenvalue weighted by molar-refractivity contribution is 5.98. The molecule has 1 fully saturated rings. The zero-order valence-corrected chi connectivity index (χ0v) is 13.1. The van der Waals surface area contributed by atoms with E-state index in [0.717, 1.165) is 6.42 Å². The summed E-state index contributed by atoms with van der Waals surface area (Å²) in [6.45, 7) is 4.50. The molecule has 0 spiro atoms. The Balaban J connectivity index is 2.10. The molecule has 6 heteroatoms. The van der Waals surface area contributed by atoms with Gasteiger partial charge in [0.1, 0.15) is 6.04 Å². The molecule has 0 radical (unpaired) electrons. The number of carbonyl (C=O) groups is 2. The van der Waals surface area contributed by atoms with Crippen LogP contribution in [0.25, 0.3) is 0 Å². The fourth-order valence-electron chi connectivity index (χ4n) is 2.31. The lowest BCUT2D eigenvalue weighted by atomic mass is 10.1. The minimum Gasteiger partial charge on any atom is -0.493 e. The molecule has 1 atom stereocenters. The van der Waals surface area contributed by atoms with Crippen LogP contribution in [0.5, 0.6) is 11.5 Å². The monoisotopic (exact) mass is 306 g/mol. The minimum atomic E-state index is -0.473. The fourth-order valence-corrected chi connectivity index (χ4v) is 2.31. The first-order chi connectivity index (χ1) is 10.5. The van der Waals surface area contributed by atoms with Gasteiger partial charge in [-0.05, 0) is 44.9 Å². The van der Waals surface area contributed by atoms with Crippen LogP contribution in [0.4, 0.5) is 0 Å². The second-order valence-electron chi connectivity index (χ2n) is 5.49. The van der Waals surface area contributed by atoms with Crippen LogP contribution in [0.2, 0.25) is 0 Å². The van der Waals surface area contributed by atoms with E-state index in [0.29, 0.717) is 30.0 Å². The lowest BCUT2D eigenvalue weighted by Gasteiger charge is -2.23. The quantitative estimate of drug-likeness (QED) is 0.864. The van der Waals surface area contributed by atoms with E-state index in [1.54, 1.807) is 18.2 Å². The molecule has 1 heterocycles. The Hall–Kier alpha value is -2.24. The van der Waals surface area contributed by atoms with Crippen molar-refractivity contribution in [1.29, 1.82) is 0 Å². The highest BCUT2D eigenvalue weighted by atomic mass is 16.5. The van der Waals surface area contributed by atoms with Gasteiger partial charge in [0.2, 0.25) is 5.91 Å². The smallest absolute Gasteiger partial charge is 0.252 e. The number of methoxy groups -OCH3 is 1. The summed E-state index contributed by atoms with van der Waals surface area (Å²) in [5, 5.41) is 5.49. The van der Waals surface area contributed by atoms with E-state index in [-0.39, 0.29) is 17.9 Å². The van der Waals surface area contributed by atoms with Crippen molar-refractivity contribution in [3.05, 3.63) is 23.8 Å². The zero-order valence-electron chi connectivity index (χ0n) is 13.1. The standard InChI is InChI=1S/C16H22N2O4/c1-10(2)22-13-7-6-11(9-14(13)21-3)15(19)18-12-5-4-8-17-16(12)20/h6-7,9-10,12H,4-5,8H2,1-3H3,(H,17,20)(H,18,19)/t12-/m1/s1. The molecule has 0 saturated carbocycles. The average Bonchev–Trinajstić information content (AvgIpc) is 2.49. The van der Waals surface area contributed by atoms with Gasteiger partial charge in [0.05, 0.1) is 13.2 Å². The number of nitrogens with one attached hydrogen (secondary N) is 2. The van der Waals surface area contributed by atoms with Gasteiger partial charge in [0.15, 0.2) is 11.5 Å². The topological polar surface area (TPSA) is 76.7 Å². The van der Waals surface area contributed by atoms with Gasteiger partial charge in [-0.25, -0.2) is 0 Å². The molecule has 0 aliphatic carbocycles. The van der Waals surface area contributed by atoms with Gasteiger partial charge in [-0.3, -0.25) is 9.59 Å². The van der Waals surface area contributed by atoms with Crippen molar-refractivity contribution in [3.63, 3.8) is 0 Å². The van der Waals surface area contributed by atoms with Gasteiger partial charge in [0, 0.05) is 12.1 Å². The molecular formula is C16H22N2O4. The van der Waals surface area contributed by atoms with E-state index in [1.807, 2.05) is 13.8 Å². The molecule has 0 bridgehead atoms. The molecule has 0 aromatic heterocycles. The molecule has 2 N–H and O–H groups in total. The van der Waals surface area contributed by atoms with Crippen molar-refractivity contribution in [1.82, 2.24) is 10.6 Å². The largest absolute Gasteiger partial charge is 0.493 e. The molecule has 1 aliphatic rings. The molecular weight excluding hydrogens is 284 g/mol. The third kappa shape index (κ3) is 3.90. The van der Waals surface area contributed by atoms with Crippen molar-refractivity contribution in [2.45, 2.75) is 38.8 Å². The first-order valence-corrected chi connectivity index (χ1v) is 7.44. The number of carbonyl (C=O) groups excluding carboxylic acids is 2. The molecule has 0 unspecified atom stereocenters. The second kappa shape index (κ2) is 7.15. The van der Waals surface area contributed by atoms with Crippen molar-refractivity contribution in [2.75, 3.05) is 13.7 Å². The van der Waals surface area contributed by atoms with Crippen LogP contribution in [0, 0.1) is 0 Å². The van der Waals surface area contributed by atoms with Crippen molar-refractivity contribution >= 4 is 11.8 Å². The summed E-state index contributed by atoms with van der Waals surface area (Å²) in [5.41, 5.74) is 0.436. The highest BCUT2D eigenvalue weighted by Crippen LogP contribution is 2.29. The number of rotatable bonds is 5. The number of amides is 2. The van der Waals surface area contributed by atoms with Crippen molar-refractivity contribution in [3.8, 4) is 11.5 Å². The van der Waals surface area contributed by atoms with Gasteiger partial charge in [-0.1, -0.05) is 0 Å². The number of hydrogen-bond donors (Lipinski definition) is 2. The van der Waals surface area contributed by atoms with E-state index in [9.17, 15) is 9.59 Å². The summed E-state index contributed by atoms with van der Waals surface area (Å²) < 4.78 is 10.9. The Morgan fingerprint density at radius 1 is 1.36 bits per heavy atom. The third-order valence-electron chi connectivity index (χ3n) is 3.38. The van der Waals surface area contributed by atoms with Crippen LogP contribution in [-0.4, -0.2) is 37.6 Å². The maximum atomic E-state index is 12.3. The van der Waals surface area contributed by atoms with Gasteiger partial charge >= 0.3 is 0 Å². The minimum absolute atomic E-state index is 0.0134. The molecule has 2 rings (SSSR count). The summed E-state index contributed by atoms with van der Waals surface area (Å²) >= 11 is 0. The normalized spacial score (nSPS) is 17.8. The predicted octanol–water partition coefficient (Wildman–Crippen LogP) is 1.49. The SMILES string of the molecule is COc1cc(C(=O)N[C@@H]2CCCNC2=O)ccc1OC(C)C. The van der Waals surface area contributed by atoms with E-state index in [2.05, 4.69) is 10.6 Å². The van der Waals surface area contributed by atoms with Crippen LogP contribution in [0.15, 0.2) is 18.2 Å². The van der Waals surface area contributed by atoms with E-state index in [4.69, 9.17) is 9.47 Å².